The van der Waals surface area contributed by atoms with Crippen molar-refractivity contribution in [1.82, 2.24) is 10.1 Å². The normalized spacial score (nSPS) is 10.8. The largest absolute Gasteiger partial charge is 0.339 e. The minimum Gasteiger partial charge on any atom is -0.339 e. The fourth-order valence-corrected chi connectivity index (χ4v) is 1.46. The summed E-state index contributed by atoms with van der Waals surface area (Å²) in [7, 11) is 0. The highest BCUT2D eigenvalue weighted by molar-refractivity contribution is 4.86. The van der Waals surface area contributed by atoms with Crippen LogP contribution in [0.1, 0.15) is 50.7 Å². The van der Waals surface area contributed by atoms with E-state index in [-0.39, 0.29) is 0 Å². The van der Waals surface area contributed by atoms with Gasteiger partial charge in [0, 0.05) is 12.8 Å². The van der Waals surface area contributed by atoms with Crippen LogP contribution in [-0.4, -0.2) is 16.7 Å². The molecule has 0 atom stereocenters. The second-order valence-corrected chi connectivity index (χ2v) is 3.81. The minimum atomic E-state index is 0.681. The van der Waals surface area contributed by atoms with Crippen molar-refractivity contribution in [2.24, 2.45) is 5.73 Å². The molecule has 1 aromatic heterocycles. The first-order valence-electron chi connectivity index (χ1n) is 5.88. The molecule has 1 rings (SSSR count). The minimum absolute atomic E-state index is 0.681. The lowest BCUT2D eigenvalue weighted by Gasteiger charge is -1.94. The molecule has 1 heterocycles. The number of nitrogens with two attached hydrogens (primary N) is 1. The lowest BCUT2D eigenvalue weighted by Crippen LogP contribution is -2.01. The summed E-state index contributed by atoms with van der Waals surface area (Å²) >= 11 is 0. The third-order valence-electron chi connectivity index (χ3n) is 2.36. The molecule has 0 aliphatic heterocycles. The highest BCUT2D eigenvalue weighted by atomic mass is 16.5. The van der Waals surface area contributed by atoms with Gasteiger partial charge in [0.2, 0.25) is 5.89 Å². The van der Waals surface area contributed by atoms with E-state index in [2.05, 4.69) is 17.1 Å². The zero-order valence-corrected chi connectivity index (χ0v) is 9.54. The Morgan fingerprint density at radius 3 is 2.73 bits per heavy atom. The topological polar surface area (TPSA) is 64.9 Å². The molecule has 0 aromatic carbocycles. The van der Waals surface area contributed by atoms with Crippen molar-refractivity contribution in [2.45, 2.75) is 51.9 Å². The van der Waals surface area contributed by atoms with E-state index in [1.54, 1.807) is 0 Å². The van der Waals surface area contributed by atoms with E-state index in [9.17, 15) is 0 Å². The zero-order chi connectivity index (χ0) is 10.9. The van der Waals surface area contributed by atoms with E-state index in [1.807, 2.05) is 0 Å². The SMILES string of the molecule is CCCCCCc1nc(CCCN)no1. The molecule has 2 N–H and O–H groups in total. The van der Waals surface area contributed by atoms with Crippen molar-refractivity contribution in [3.05, 3.63) is 11.7 Å². The Labute approximate surface area is 91.2 Å². The molecule has 0 fully saturated rings. The van der Waals surface area contributed by atoms with E-state index in [4.69, 9.17) is 10.3 Å². The monoisotopic (exact) mass is 211 g/mol. The summed E-state index contributed by atoms with van der Waals surface area (Å²) in [5.41, 5.74) is 5.41. The van der Waals surface area contributed by atoms with Crippen molar-refractivity contribution < 1.29 is 4.52 Å². The highest BCUT2D eigenvalue weighted by Gasteiger charge is 2.04. The van der Waals surface area contributed by atoms with Gasteiger partial charge in [-0.25, -0.2) is 0 Å². The molecule has 0 spiro atoms. The van der Waals surface area contributed by atoms with Crippen molar-refractivity contribution in [2.75, 3.05) is 6.54 Å². The van der Waals surface area contributed by atoms with Crippen LogP contribution in [0.3, 0.4) is 0 Å². The molecule has 0 amide bonds. The summed E-state index contributed by atoms with van der Waals surface area (Å²) in [4.78, 5) is 4.31. The molecule has 4 nitrogen and oxygen atoms in total. The smallest absolute Gasteiger partial charge is 0.226 e. The van der Waals surface area contributed by atoms with Gasteiger partial charge in [0.15, 0.2) is 5.82 Å². The zero-order valence-electron chi connectivity index (χ0n) is 9.54. The van der Waals surface area contributed by atoms with Gasteiger partial charge in [0.1, 0.15) is 0 Å². The molecule has 0 unspecified atom stereocenters. The lowest BCUT2D eigenvalue weighted by atomic mass is 10.1. The molecule has 0 bridgehead atoms. The van der Waals surface area contributed by atoms with Crippen LogP contribution in [0.25, 0.3) is 0 Å². The van der Waals surface area contributed by atoms with Gasteiger partial charge in [0.25, 0.3) is 0 Å². The van der Waals surface area contributed by atoms with Crippen LogP contribution in [0, 0.1) is 0 Å². The molecule has 0 aliphatic rings. The van der Waals surface area contributed by atoms with Gasteiger partial charge in [-0.1, -0.05) is 31.3 Å². The fraction of sp³-hybridized carbons (Fsp3) is 0.818. The number of aromatic nitrogens is 2. The number of nitrogens with zero attached hydrogens (tertiary/aromatic N) is 2. The number of hydrogen-bond acceptors (Lipinski definition) is 4. The van der Waals surface area contributed by atoms with Gasteiger partial charge >= 0.3 is 0 Å². The summed E-state index contributed by atoms with van der Waals surface area (Å²) in [6, 6.07) is 0. The van der Waals surface area contributed by atoms with Crippen LogP contribution in [0.4, 0.5) is 0 Å². The first-order chi connectivity index (χ1) is 7.36. The summed E-state index contributed by atoms with van der Waals surface area (Å²) in [6.45, 7) is 2.89. The Morgan fingerprint density at radius 2 is 2.00 bits per heavy atom. The van der Waals surface area contributed by atoms with Gasteiger partial charge in [-0.3, -0.25) is 0 Å². The number of rotatable bonds is 8. The molecule has 0 saturated carbocycles. The highest BCUT2D eigenvalue weighted by Crippen LogP contribution is 2.06. The Hall–Kier alpha value is -0.900. The molecular weight excluding hydrogens is 190 g/mol. The maximum Gasteiger partial charge on any atom is 0.226 e. The van der Waals surface area contributed by atoms with Crippen LogP contribution < -0.4 is 5.73 Å². The van der Waals surface area contributed by atoms with Gasteiger partial charge in [-0.05, 0) is 19.4 Å². The second-order valence-electron chi connectivity index (χ2n) is 3.81. The summed E-state index contributed by atoms with van der Waals surface area (Å²) in [6.07, 6.45) is 7.60. The van der Waals surface area contributed by atoms with Crippen molar-refractivity contribution in [3.63, 3.8) is 0 Å². The van der Waals surface area contributed by atoms with Crippen LogP contribution in [0.2, 0.25) is 0 Å². The van der Waals surface area contributed by atoms with E-state index < -0.39 is 0 Å². The third kappa shape index (κ3) is 4.93. The van der Waals surface area contributed by atoms with Crippen molar-refractivity contribution >= 4 is 0 Å². The van der Waals surface area contributed by atoms with E-state index in [1.165, 1.54) is 19.3 Å². The predicted molar refractivity (Wildman–Crippen MR) is 59.5 cm³/mol. The molecule has 1 aromatic rings. The molecule has 0 aliphatic carbocycles. The summed E-state index contributed by atoms with van der Waals surface area (Å²) < 4.78 is 5.14. The maximum atomic E-state index is 5.41. The predicted octanol–water partition coefficient (Wildman–Crippen LogP) is 2.08. The number of aryl methyl sites for hydroxylation is 2. The van der Waals surface area contributed by atoms with E-state index in [0.717, 1.165) is 37.4 Å². The summed E-state index contributed by atoms with van der Waals surface area (Å²) in [5.74, 6) is 1.57. The quantitative estimate of drug-likeness (QED) is 0.669. The molecule has 0 radical (unpaired) electrons. The molecule has 86 valence electrons. The molecular formula is C11H21N3O. The number of hydrogen-bond donors (Lipinski definition) is 1. The van der Waals surface area contributed by atoms with Crippen molar-refractivity contribution in [1.29, 1.82) is 0 Å². The fourth-order valence-electron chi connectivity index (χ4n) is 1.46. The Morgan fingerprint density at radius 1 is 1.13 bits per heavy atom. The van der Waals surface area contributed by atoms with Crippen LogP contribution >= 0.6 is 0 Å². The average molecular weight is 211 g/mol. The van der Waals surface area contributed by atoms with Crippen LogP contribution in [-0.2, 0) is 12.8 Å². The summed E-state index contributed by atoms with van der Waals surface area (Å²) in [5, 5.41) is 3.91. The first-order valence-corrected chi connectivity index (χ1v) is 5.88. The second kappa shape index (κ2) is 7.40. The Kier molecular flexibility index (Phi) is 6.00. The van der Waals surface area contributed by atoms with Gasteiger partial charge in [-0.15, -0.1) is 0 Å². The van der Waals surface area contributed by atoms with Crippen LogP contribution in [0.5, 0.6) is 0 Å². The molecule has 15 heavy (non-hydrogen) atoms. The molecule has 0 saturated heterocycles. The Bertz CT molecular complexity index is 260. The first kappa shape index (κ1) is 12.2. The van der Waals surface area contributed by atoms with Crippen molar-refractivity contribution in [3.8, 4) is 0 Å². The lowest BCUT2D eigenvalue weighted by molar-refractivity contribution is 0.368. The van der Waals surface area contributed by atoms with Crippen LogP contribution in [0.15, 0.2) is 4.52 Å². The van der Waals surface area contributed by atoms with Gasteiger partial charge in [-0.2, -0.15) is 4.98 Å². The van der Waals surface area contributed by atoms with Gasteiger partial charge in [0.05, 0.1) is 0 Å². The maximum absolute atomic E-state index is 5.41. The van der Waals surface area contributed by atoms with E-state index in [0.29, 0.717) is 6.54 Å². The van der Waals surface area contributed by atoms with E-state index >= 15 is 0 Å². The van der Waals surface area contributed by atoms with Gasteiger partial charge < -0.3 is 10.3 Å². The Balaban J connectivity index is 2.20. The number of unbranched alkanes of at least 4 members (excludes halogenated alkanes) is 3. The third-order valence-corrected chi connectivity index (χ3v) is 2.36. The molecule has 4 heteroatoms. The average Bonchev–Trinajstić information content (AvgIpc) is 2.69. The standard InChI is InChI=1S/C11H21N3O/c1-2-3-4-5-8-11-13-10(14-15-11)7-6-9-12/h2-9,12H2,1H3.